The molecule has 1 saturated heterocycles. The Labute approximate surface area is 173 Å². The minimum atomic E-state index is -0.0596. The summed E-state index contributed by atoms with van der Waals surface area (Å²) in [5.41, 5.74) is 2.41. The highest BCUT2D eigenvalue weighted by molar-refractivity contribution is 5.84. The molecule has 2 aliphatic heterocycles. The van der Waals surface area contributed by atoms with Gasteiger partial charge in [0.25, 0.3) is 0 Å². The molecule has 2 aliphatic rings. The van der Waals surface area contributed by atoms with Gasteiger partial charge in [0.15, 0.2) is 0 Å². The second kappa shape index (κ2) is 9.74. The van der Waals surface area contributed by atoms with Crippen molar-refractivity contribution in [2.45, 2.75) is 38.8 Å². The van der Waals surface area contributed by atoms with Crippen LogP contribution >= 0.6 is 0 Å². The fourth-order valence-electron chi connectivity index (χ4n) is 3.72. The first-order valence-electron chi connectivity index (χ1n) is 10.3. The summed E-state index contributed by atoms with van der Waals surface area (Å²) in [5, 5.41) is 9.66. The van der Waals surface area contributed by atoms with Crippen molar-refractivity contribution in [3.05, 3.63) is 59.1 Å². The summed E-state index contributed by atoms with van der Waals surface area (Å²) in [6.45, 7) is 5.11. The van der Waals surface area contributed by atoms with Crippen LogP contribution in [-0.2, 0) is 11.3 Å². The Morgan fingerprint density at radius 2 is 1.86 bits per heavy atom. The lowest BCUT2D eigenvalue weighted by Gasteiger charge is -2.27. The maximum Gasteiger partial charge on any atom is 0.240 e. The van der Waals surface area contributed by atoms with Gasteiger partial charge in [0.1, 0.15) is 11.6 Å². The van der Waals surface area contributed by atoms with Gasteiger partial charge in [-0.3, -0.25) is 9.69 Å². The summed E-state index contributed by atoms with van der Waals surface area (Å²) in [6, 6.07) is 8.33. The minimum absolute atomic E-state index is 0.0596. The normalized spacial score (nSPS) is 21.6. The number of nitrogens with zero attached hydrogens (tertiary/aromatic N) is 4. The lowest BCUT2D eigenvalue weighted by Crippen LogP contribution is -2.42. The van der Waals surface area contributed by atoms with Gasteiger partial charge in [-0.05, 0) is 50.9 Å². The summed E-state index contributed by atoms with van der Waals surface area (Å²) in [5.74, 6) is 1.29. The molecule has 6 heteroatoms. The van der Waals surface area contributed by atoms with Gasteiger partial charge < -0.3 is 14.9 Å². The van der Waals surface area contributed by atoms with Crippen LogP contribution in [0.4, 0.5) is 0 Å². The Morgan fingerprint density at radius 3 is 2.62 bits per heavy atom. The molecule has 0 bridgehead atoms. The van der Waals surface area contributed by atoms with E-state index in [0.717, 1.165) is 44.7 Å². The maximum atomic E-state index is 12.9. The number of carbonyl (C=O) groups is 1. The molecule has 1 fully saturated rings. The lowest BCUT2D eigenvalue weighted by atomic mass is 10.1. The predicted molar refractivity (Wildman–Crippen MR) is 117 cm³/mol. The van der Waals surface area contributed by atoms with Crippen molar-refractivity contribution >= 4 is 12.1 Å². The van der Waals surface area contributed by atoms with Crippen molar-refractivity contribution in [3.63, 3.8) is 0 Å². The molecule has 1 atom stereocenters. The van der Waals surface area contributed by atoms with Crippen LogP contribution in [-0.4, -0.2) is 71.7 Å². The number of aryl methyl sites for hydroxylation is 1. The molecule has 1 unspecified atom stereocenters. The third kappa shape index (κ3) is 5.70. The number of benzene rings is 1. The smallest absolute Gasteiger partial charge is 0.240 e. The molecule has 29 heavy (non-hydrogen) atoms. The number of aliphatic hydroxyl groups is 1. The van der Waals surface area contributed by atoms with E-state index in [2.05, 4.69) is 52.1 Å². The Balaban J connectivity index is 1.51. The molecule has 0 saturated carbocycles. The van der Waals surface area contributed by atoms with Crippen LogP contribution < -0.4 is 0 Å². The van der Waals surface area contributed by atoms with Crippen molar-refractivity contribution in [2.24, 2.45) is 4.99 Å². The summed E-state index contributed by atoms with van der Waals surface area (Å²) >= 11 is 0. The van der Waals surface area contributed by atoms with Crippen LogP contribution in [0.2, 0.25) is 0 Å². The molecule has 1 aromatic rings. The van der Waals surface area contributed by atoms with Crippen molar-refractivity contribution in [3.8, 4) is 0 Å². The number of hydrogen-bond donors (Lipinski definition) is 1. The van der Waals surface area contributed by atoms with Gasteiger partial charge in [0, 0.05) is 33.2 Å². The number of aliphatic hydroxyl groups excluding tert-OH is 1. The zero-order valence-electron chi connectivity index (χ0n) is 17.7. The summed E-state index contributed by atoms with van der Waals surface area (Å²) < 4.78 is 0. The average Bonchev–Trinajstić information content (AvgIpc) is 3.05. The first kappa shape index (κ1) is 21.1. The second-order valence-corrected chi connectivity index (χ2v) is 7.98. The molecule has 1 amide bonds. The monoisotopic (exact) mass is 396 g/mol. The van der Waals surface area contributed by atoms with Gasteiger partial charge >= 0.3 is 0 Å². The van der Waals surface area contributed by atoms with Crippen LogP contribution in [0, 0.1) is 6.92 Å². The lowest BCUT2D eigenvalue weighted by molar-refractivity contribution is -0.132. The molecule has 0 aliphatic carbocycles. The van der Waals surface area contributed by atoms with E-state index in [1.165, 1.54) is 17.3 Å². The third-order valence-electron chi connectivity index (χ3n) is 5.65. The summed E-state index contributed by atoms with van der Waals surface area (Å²) in [6.07, 6.45) is 7.88. The number of amides is 1. The fourth-order valence-corrected chi connectivity index (χ4v) is 3.72. The summed E-state index contributed by atoms with van der Waals surface area (Å²) in [4.78, 5) is 23.5. The van der Waals surface area contributed by atoms with Gasteiger partial charge in [0.05, 0.1) is 12.3 Å². The van der Waals surface area contributed by atoms with Gasteiger partial charge in [-0.25, -0.2) is 4.99 Å². The van der Waals surface area contributed by atoms with E-state index in [-0.39, 0.29) is 17.7 Å². The highest BCUT2D eigenvalue weighted by Gasteiger charge is 2.34. The molecule has 3 rings (SSSR count). The van der Waals surface area contributed by atoms with Crippen LogP contribution in [0.5, 0.6) is 0 Å². The van der Waals surface area contributed by atoms with Crippen LogP contribution in [0.1, 0.15) is 30.4 Å². The van der Waals surface area contributed by atoms with E-state index >= 15 is 0 Å². The van der Waals surface area contributed by atoms with Crippen molar-refractivity contribution in [1.82, 2.24) is 14.7 Å². The zero-order chi connectivity index (χ0) is 20.8. The largest absolute Gasteiger partial charge is 0.507 e. The Hall–Kier alpha value is -2.60. The topological polar surface area (TPSA) is 59.4 Å². The first-order valence-corrected chi connectivity index (χ1v) is 10.3. The highest BCUT2D eigenvalue weighted by Crippen LogP contribution is 2.19. The number of aliphatic imine (C=N–C) groups is 1. The van der Waals surface area contributed by atoms with E-state index in [1.807, 2.05) is 19.0 Å². The SMILES string of the molecule is Cc1ccc(CN2CCC(N(C)CCN(C)C3=CCC/C=C(\O)C=N3)C2=O)cc1. The first-order chi connectivity index (χ1) is 13.9. The Morgan fingerprint density at radius 1 is 1.14 bits per heavy atom. The molecule has 6 nitrogen and oxygen atoms in total. The molecule has 0 aromatic heterocycles. The highest BCUT2D eigenvalue weighted by atomic mass is 16.3. The van der Waals surface area contributed by atoms with Crippen molar-refractivity contribution in [1.29, 1.82) is 0 Å². The number of likely N-dealkylation sites (tertiary alicyclic amines) is 1. The molecule has 1 N–H and O–H groups in total. The predicted octanol–water partition coefficient (Wildman–Crippen LogP) is 3.11. The number of likely N-dealkylation sites (N-methyl/N-ethyl adjacent to an activating group) is 2. The van der Waals surface area contributed by atoms with E-state index in [0.29, 0.717) is 6.54 Å². The van der Waals surface area contributed by atoms with Gasteiger partial charge in [-0.15, -0.1) is 0 Å². The zero-order valence-corrected chi connectivity index (χ0v) is 17.7. The number of rotatable bonds is 7. The van der Waals surface area contributed by atoms with E-state index < -0.39 is 0 Å². The molecular weight excluding hydrogens is 364 g/mol. The third-order valence-corrected chi connectivity index (χ3v) is 5.65. The minimum Gasteiger partial charge on any atom is -0.507 e. The van der Waals surface area contributed by atoms with Crippen molar-refractivity contribution in [2.75, 3.05) is 33.7 Å². The van der Waals surface area contributed by atoms with E-state index in [1.54, 1.807) is 6.08 Å². The molecule has 2 heterocycles. The molecule has 1 aromatic carbocycles. The fraction of sp³-hybridized carbons (Fsp3) is 0.478. The molecular formula is C23H32N4O2. The number of allylic oxidation sites excluding steroid dienone is 3. The van der Waals surface area contributed by atoms with Crippen LogP contribution in [0.15, 0.2) is 53.0 Å². The molecule has 0 spiro atoms. The standard InChI is InChI=1S/C23H32N4O2/c1-18-8-10-19(11-9-18)17-27-13-12-21(23(27)29)25(2)14-15-26(3)22-7-5-4-6-20(28)16-24-22/h6-11,16,21,28H,4-5,12-15,17H2,1-3H3/b20-6-,22-7?,24-16?. The Kier molecular flexibility index (Phi) is 7.09. The number of carbonyl (C=O) groups excluding carboxylic acids is 1. The molecule has 156 valence electrons. The molecule has 0 radical (unpaired) electrons. The number of hydrogen-bond acceptors (Lipinski definition) is 5. The summed E-state index contributed by atoms with van der Waals surface area (Å²) in [7, 11) is 4.02. The Bertz CT molecular complexity index is 798. The second-order valence-electron chi connectivity index (χ2n) is 7.98. The van der Waals surface area contributed by atoms with Gasteiger partial charge in [-0.1, -0.05) is 29.8 Å². The van der Waals surface area contributed by atoms with Crippen LogP contribution in [0.3, 0.4) is 0 Å². The van der Waals surface area contributed by atoms with Crippen LogP contribution in [0.25, 0.3) is 0 Å². The van der Waals surface area contributed by atoms with E-state index in [4.69, 9.17) is 0 Å². The van der Waals surface area contributed by atoms with Crippen molar-refractivity contribution < 1.29 is 9.90 Å². The maximum absolute atomic E-state index is 12.9. The quantitative estimate of drug-likeness (QED) is 0.769. The van der Waals surface area contributed by atoms with E-state index in [9.17, 15) is 9.90 Å². The average molecular weight is 397 g/mol. The van der Waals surface area contributed by atoms with Gasteiger partial charge in [-0.2, -0.15) is 0 Å². The van der Waals surface area contributed by atoms with Gasteiger partial charge in [0.2, 0.25) is 5.91 Å².